The van der Waals surface area contributed by atoms with Gasteiger partial charge in [0.25, 0.3) is 0 Å². The molecule has 6 heteroatoms. The number of carbonyl (C=O) groups is 1. The number of nitrogens with zero attached hydrogens (tertiary/aromatic N) is 3. The molecule has 0 aliphatic rings. The van der Waals surface area contributed by atoms with Crippen LogP contribution in [0.2, 0.25) is 0 Å². The first-order valence-corrected chi connectivity index (χ1v) is 5.56. The van der Waals surface area contributed by atoms with Gasteiger partial charge in [0.05, 0.1) is 12.2 Å². The van der Waals surface area contributed by atoms with Gasteiger partial charge in [0, 0.05) is 12.6 Å². The van der Waals surface area contributed by atoms with Crippen molar-refractivity contribution in [1.29, 1.82) is 0 Å². The highest BCUT2D eigenvalue weighted by Crippen LogP contribution is 2.03. The predicted molar refractivity (Wildman–Crippen MR) is 64.9 cm³/mol. The van der Waals surface area contributed by atoms with Gasteiger partial charge in [0.1, 0.15) is 6.04 Å². The Hall–Kier alpha value is -2.21. The van der Waals surface area contributed by atoms with Gasteiger partial charge in [0.15, 0.2) is 0 Å². The molecule has 0 unspecified atom stereocenters. The number of aromatic nitrogens is 3. The molecular formula is C12H14N4O2. The third-order valence-corrected chi connectivity index (χ3v) is 2.52. The number of hydrogen-bond donors (Lipinski definition) is 2. The van der Waals surface area contributed by atoms with Gasteiger partial charge in [-0.1, -0.05) is 35.5 Å². The quantitative estimate of drug-likeness (QED) is 0.790. The lowest BCUT2D eigenvalue weighted by atomic mass is 10.2. The highest BCUT2D eigenvalue weighted by Gasteiger charge is 2.14. The molecule has 0 saturated carbocycles. The summed E-state index contributed by atoms with van der Waals surface area (Å²) in [6.07, 6.45) is 1.90. The molecule has 0 fully saturated rings. The first-order chi connectivity index (χ1) is 8.65. The van der Waals surface area contributed by atoms with Crippen molar-refractivity contribution in [1.82, 2.24) is 15.0 Å². The fraction of sp³-hybridized carbons (Fsp3) is 0.250. The van der Waals surface area contributed by atoms with Gasteiger partial charge in [-0.25, -0.2) is 4.68 Å². The van der Waals surface area contributed by atoms with E-state index in [1.807, 2.05) is 30.3 Å². The third-order valence-electron chi connectivity index (χ3n) is 2.52. The van der Waals surface area contributed by atoms with Crippen molar-refractivity contribution >= 4 is 5.97 Å². The molecule has 1 atom stereocenters. The minimum absolute atomic E-state index is 0.185. The Morgan fingerprint density at radius 2 is 2.11 bits per heavy atom. The molecule has 0 aliphatic heterocycles. The third kappa shape index (κ3) is 3.14. The van der Waals surface area contributed by atoms with Crippen LogP contribution >= 0.6 is 0 Å². The van der Waals surface area contributed by atoms with Crippen LogP contribution in [0.1, 0.15) is 11.3 Å². The molecule has 3 N–H and O–H groups in total. The lowest BCUT2D eigenvalue weighted by Crippen LogP contribution is -2.32. The normalized spacial score (nSPS) is 12.3. The van der Waals surface area contributed by atoms with E-state index in [1.165, 1.54) is 0 Å². The van der Waals surface area contributed by atoms with E-state index in [0.29, 0.717) is 12.2 Å². The van der Waals surface area contributed by atoms with Gasteiger partial charge < -0.3 is 10.8 Å². The number of benzene rings is 1. The molecule has 6 nitrogen and oxygen atoms in total. The van der Waals surface area contributed by atoms with Crippen molar-refractivity contribution in [2.24, 2.45) is 5.73 Å². The lowest BCUT2D eigenvalue weighted by Gasteiger charge is -2.02. The number of carboxylic acids is 1. The van der Waals surface area contributed by atoms with Crippen LogP contribution in [0.3, 0.4) is 0 Å². The maximum Gasteiger partial charge on any atom is 0.320 e. The number of hydrogen-bond acceptors (Lipinski definition) is 4. The Morgan fingerprint density at radius 1 is 1.39 bits per heavy atom. The molecule has 0 spiro atoms. The van der Waals surface area contributed by atoms with E-state index < -0.39 is 12.0 Å². The largest absolute Gasteiger partial charge is 0.480 e. The lowest BCUT2D eigenvalue weighted by molar-refractivity contribution is -0.138. The van der Waals surface area contributed by atoms with E-state index in [1.54, 1.807) is 10.9 Å². The van der Waals surface area contributed by atoms with Crippen LogP contribution in [-0.4, -0.2) is 32.1 Å². The standard InChI is InChI=1S/C12H14N4O2/c13-11(12(17)18)6-10-8-16(15-14-10)7-9-4-2-1-3-5-9/h1-5,8,11H,6-7,13H2,(H,17,18)/t11-/m0/s1. The van der Waals surface area contributed by atoms with E-state index in [4.69, 9.17) is 10.8 Å². The van der Waals surface area contributed by atoms with Crippen molar-refractivity contribution in [3.63, 3.8) is 0 Å². The van der Waals surface area contributed by atoms with Crippen molar-refractivity contribution in [2.75, 3.05) is 0 Å². The van der Waals surface area contributed by atoms with Crippen molar-refractivity contribution in [3.05, 3.63) is 47.8 Å². The number of aliphatic carboxylic acids is 1. The average Bonchev–Trinajstić information content (AvgIpc) is 2.77. The Bertz CT molecular complexity index is 524. The molecule has 0 amide bonds. The van der Waals surface area contributed by atoms with Crippen LogP contribution in [0.4, 0.5) is 0 Å². The summed E-state index contributed by atoms with van der Waals surface area (Å²) < 4.78 is 1.67. The average molecular weight is 246 g/mol. The second kappa shape index (κ2) is 5.42. The maximum absolute atomic E-state index is 10.6. The van der Waals surface area contributed by atoms with Gasteiger partial charge in [-0.3, -0.25) is 4.79 Å². The zero-order valence-electron chi connectivity index (χ0n) is 9.73. The molecule has 1 aromatic heterocycles. The molecule has 0 aliphatic carbocycles. The summed E-state index contributed by atoms with van der Waals surface area (Å²) in [7, 11) is 0. The van der Waals surface area contributed by atoms with E-state index in [-0.39, 0.29) is 6.42 Å². The molecule has 0 radical (unpaired) electrons. The fourth-order valence-corrected chi connectivity index (χ4v) is 1.59. The van der Waals surface area contributed by atoms with Crippen molar-refractivity contribution in [2.45, 2.75) is 19.0 Å². The monoisotopic (exact) mass is 246 g/mol. The minimum atomic E-state index is -1.03. The van der Waals surface area contributed by atoms with E-state index in [0.717, 1.165) is 5.56 Å². The van der Waals surface area contributed by atoms with Gasteiger partial charge in [-0.2, -0.15) is 0 Å². The minimum Gasteiger partial charge on any atom is -0.480 e. The molecule has 18 heavy (non-hydrogen) atoms. The summed E-state index contributed by atoms with van der Waals surface area (Å²) in [6, 6.07) is 8.89. The fourth-order valence-electron chi connectivity index (χ4n) is 1.59. The smallest absolute Gasteiger partial charge is 0.320 e. The van der Waals surface area contributed by atoms with E-state index in [9.17, 15) is 4.79 Å². The molecule has 0 saturated heterocycles. The molecule has 0 bridgehead atoms. The number of nitrogens with two attached hydrogens (primary N) is 1. The Labute approximate surface area is 104 Å². The summed E-state index contributed by atoms with van der Waals surface area (Å²) in [5.74, 6) is -1.03. The van der Waals surface area contributed by atoms with Crippen LogP contribution in [0.25, 0.3) is 0 Å². The van der Waals surface area contributed by atoms with Crippen LogP contribution in [0, 0.1) is 0 Å². The molecule has 2 rings (SSSR count). The Morgan fingerprint density at radius 3 is 2.78 bits per heavy atom. The zero-order valence-corrected chi connectivity index (χ0v) is 9.73. The Balaban J connectivity index is 2.00. The van der Waals surface area contributed by atoms with Gasteiger partial charge in [-0.05, 0) is 5.56 Å². The van der Waals surface area contributed by atoms with Crippen LogP contribution < -0.4 is 5.73 Å². The molecule has 1 aromatic carbocycles. The summed E-state index contributed by atoms with van der Waals surface area (Å²) in [5, 5.41) is 16.6. The second-order valence-electron chi connectivity index (χ2n) is 4.04. The highest BCUT2D eigenvalue weighted by atomic mass is 16.4. The van der Waals surface area contributed by atoms with Crippen LogP contribution in [0.15, 0.2) is 36.5 Å². The summed E-state index contributed by atoms with van der Waals surface area (Å²) in [5.41, 5.74) is 7.13. The summed E-state index contributed by atoms with van der Waals surface area (Å²) >= 11 is 0. The molecule has 94 valence electrons. The number of rotatable bonds is 5. The molecule has 2 aromatic rings. The van der Waals surface area contributed by atoms with E-state index in [2.05, 4.69) is 10.3 Å². The topological polar surface area (TPSA) is 94.0 Å². The summed E-state index contributed by atoms with van der Waals surface area (Å²) in [4.78, 5) is 10.6. The second-order valence-corrected chi connectivity index (χ2v) is 4.04. The van der Waals surface area contributed by atoms with Gasteiger partial charge in [-0.15, -0.1) is 5.10 Å². The SMILES string of the molecule is N[C@@H](Cc1cn(Cc2ccccc2)nn1)C(=O)O. The first-order valence-electron chi connectivity index (χ1n) is 5.56. The summed E-state index contributed by atoms with van der Waals surface area (Å²) in [6.45, 7) is 0.607. The maximum atomic E-state index is 10.6. The van der Waals surface area contributed by atoms with E-state index >= 15 is 0 Å². The number of carboxylic acid groups (broad SMARTS) is 1. The van der Waals surface area contributed by atoms with Crippen molar-refractivity contribution in [3.8, 4) is 0 Å². The van der Waals surface area contributed by atoms with Crippen LogP contribution in [0.5, 0.6) is 0 Å². The zero-order chi connectivity index (χ0) is 13.0. The predicted octanol–water partition coefficient (Wildman–Crippen LogP) is 0.281. The molecule has 1 heterocycles. The van der Waals surface area contributed by atoms with Crippen molar-refractivity contribution < 1.29 is 9.90 Å². The highest BCUT2D eigenvalue weighted by molar-refractivity contribution is 5.73. The van der Waals surface area contributed by atoms with Gasteiger partial charge >= 0.3 is 5.97 Å². The first kappa shape index (κ1) is 12.3. The Kier molecular flexibility index (Phi) is 3.69. The molecular weight excluding hydrogens is 232 g/mol. The van der Waals surface area contributed by atoms with Gasteiger partial charge in [0.2, 0.25) is 0 Å². The van der Waals surface area contributed by atoms with Crippen LogP contribution in [-0.2, 0) is 17.8 Å².